The molecular formula is C9H13F3O3. The van der Waals surface area contributed by atoms with E-state index in [0.29, 0.717) is 6.42 Å². The average Bonchev–Trinajstić information content (AvgIpc) is 2.62. The first-order chi connectivity index (χ1) is 6.86. The van der Waals surface area contributed by atoms with E-state index in [1.165, 1.54) is 7.11 Å². The molecule has 0 amide bonds. The maximum absolute atomic E-state index is 12.1. The Balaban J connectivity index is 2.53. The molecule has 3 unspecified atom stereocenters. The Hall–Kier alpha value is -0.780. The molecule has 1 saturated carbocycles. The number of hydrogen-bond acceptors (Lipinski definition) is 3. The fourth-order valence-electron chi connectivity index (χ4n) is 1.95. The molecule has 6 heteroatoms. The number of rotatable bonds is 2. The van der Waals surface area contributed by atoms with Crippen LogP contribution in [-0.4, -0.2) is 30.5 Å². The van der Waals surface area contributed by atoms with Gasteiger partial charge in [0.25, 0.3) is 0 Å². The zero-order valence-corrected chi connectivity index (χ0v) is 8.25. The van der Waals surface area contributed by atoms with E-state index in [4.69, 9.17) is 5.11 Å². The van der Waals surface area contributed by atoms with Gasteiger partial charge in [0.1, 0.15) is 0 Å². The molecule has 3 nitrogen and oxygen atoms in total. The minimum Gasteiger partial charge on any atom is -0.469 e. The average molecular weight is 226 g/mol. The lowest BCUT2D eigenvalue weighted by Crippen LogP contribution is -2.35. The van der Waals surface area contributed by atoms with Crippen molar-refractivity contribution in [3.8, 4) is 0 Å². The van der Waals surface area contributed by atoms with Crippen molar-refractivity contribution in [1.82, 2.24) is 0 Å². The highest BCUT2D eigenvalue weighted by atomic mass is 19.4. The minimum absolute atomic E-state index is 0.0490. The van der Waals surface area contributed by atoms with Crippen molar-refractivity contribution in [2.45, 2.75) is 31.5 Å². The molecule has 0 aliphatic heterocycles. The SMILES string of the molecule is COC(=O)C1CCC(C(O)C(F)(F)F)C1. The van der Waals surface area contributed by atoms with Crippen LogP contribution in [0.25, 0.3) is 0 Å². The van der Waals surface area contributed by atoms with Gasteiger partial charge in [0, 0.05) is 0 Å². The first-order valence-corrected chi connectivity index (χ1v) is 4.69. The number of hydrogen-bond donors (Lipinski definition) is 1. The summed E-state index contributed by atoms with van der Waals surface area (Å²) in [6.07, 6.45) is -6.32. The van der Waals surface area contributed by atoms with E-state index >= 15 is 0 Å². The van der Waals surface area contributed by atoms with Crippen LogP contribution in [-0.2, 0) is 9.53 Å². The van der Waals surface area contributed by atoms with Gasteiger partial charge in [-0.3, -0.25) is 4.79 Å². The first kappa shape index (κ1) is 12.3. The number of esters is 1. The van der Waals surface area contributed by atoms with Gasteiger partial charge in [-0.25, -0.2) is 0 Å². The highest BCUT2D eigenvalue weighted by Crippen LogP contribution is 2.38. The number of methoxy groups -OCH3 is 1. The van der Waals surface area contributed by atoms with E-state index in [1.54, 1.807) is 0 Å². The van der Waals surface area contributed by atoms with Crippen molar-refractivity contribution >= 4 is 5.97 Å². The van der Waals surface area contributed by atoms with Gasteiger partial charge in [-0.1, -0.05) is 0 Å². The molecule has 1 N–H and O–H groups in total. The molecule has 0 radical (unpaired) electrons. The summed E-state index contributed by atoms with van der Waals surface area (Å²) in [7, 11) is 1.20. The topological polar surface area (TPSA) is 46.5 Å². The van der Waals surface area contributed by atoms with E-state index in [0.717, 1.165) is 0 Å². The molecular weight excluding hydrogens is 213 g/mol. The molecule has 0 aromatic heterocycles. The van der Waals surface area contributed by atoms with Crippen molar-refractivity contribution < 1.29 is 27.8 Å². The summed E-state index contributed by atoms with van der Waals surface area (Å²) in [6, 6.07) is 0. The molecule has 15 heavy (non-hydrogen) atoms. The number of halogens is 3. The van der Waals surface area contributed by atoms with Gasteiger partial charge in [0.2, 0.25) is 0 Å². The maximum atomic E-state index is 12.1. The number of ether oxygens (including phenoxy) is 1. The number of carbonyl (C=O) groups is 1. The Labute approximate surface area is 85.2 Å². The molecule has 1 aliphatic rings. The van der Waals surface area contributed by atoms with Gasteiger partial charge in [0.15, 0.2) is 6.10 Å². The number of alkyl halides is 3. The summed E-state index contributed by atoms with van der Waals surface area (Å²) in [5.74, 6) is -1.88. The Kier molecular flexibility index (Phi) is 3.59. The van der Waals surface area contributed by atoms with Crippen LogP contribution >= 0.6 is 0 Å². The van der Waals surface area contributed by atoms with Gasteiger partial charge < -0.3 is 9.84 Å². The molecule has 0 spiro atoms. The number of carbonyl (C=O) groups excluding carboxylic acids is 1. The summed E-state index contributed by atoms with van der Waals surface area (Å²) >= 11 is 0. The summed E-state index contributed by atoms with van der Waals surface area (Å²) < 4.78 is 40.9. The smallest absolute Gasteiger partial charge is 0.414 e. The lowest BCUT2D eigenvalue weighted by Gasteiger charge is -2.20. The Morgan fingerprint density at radius 2 is 2.07 bits per heavy atom. The fraction of sp³-hybridized carbons (Fsp3) is 0.889. The van der Waals surface area contributed by atoms with Crippen LogP contribution in [0.3, 0.4) is 0 Å². The second kappa shape index (κ2) is 4.38. The Bertz CT molecular complexity index is 239. The number of aliphatic hydroxyl groups excluding tert-OH is 1. The molecule has 1 rings (SSSR count). The van der Waals surface area contributed by atoms with Crippen molar-refractivity contribution in [3.05, 3.63) is 0 Å². The zero-order valence-electron chi connectivity index (χ0n) is 8.25. The predicted molar refractivity (Wildman–Crippen MR) is 44.9 cm³/mol. The quantitative estimate of drug-likeness (QED) is 0.726. The molecule has 1 aliphatic carbocycles. The van der Waals surface area contributed by atoms with Crippen LogP contribution in [0.5, 0.6) is 0 Å². The lowest BCUT2D eigenvalue weighted by molar-refractivity contribution is -0.219. The van der Waals surface area contributed by atoms with Crippen molar-refractivity contribution in [2.24, 2.45) is 11.8 Å². The van der Waals surface area contributed by atoms with Crippen LogP contribution in [0.2, 0.25) is 0 Å². The minimum atomic E-state index is -4.60. The fourth-order valence-corrected chi connectivity index (χ4v) is 1.95. The third-order valence-corrected chi connectivity index (χ3v) is 2.79. The Morgan fingerprint density at radius 1 is 1.47 bits per heavy atom. The largest absolute Gasteiger partial charge is 0.469 e. The van der Waals surface area contributed by atoms with E-state index in [2.05, 4.69) is 4.74 Å². The van der Waals surface area contributed by atoms with Crippen molar-refractivity contribution in [2.75, 3.05) is 7.11 Å². The van der Waals surface area contributed by atoms with Gasteiger partial charge in [-0.15, -0.1) is 0 Å². The molecule has 0 heterocycles. The molecule has 1 fully saturated rings. The van der Waals surface area contributed by atoms with E-state index in [9.17, 15) is 18.0 Å². The standard InChI is InChI=1S/C9H13F3O3/c1-15-8(14)6-3-2-5(4-6)7(13)9(10,11)12/h5-7,13H,2-4H2,1H3. The predicted octanol–water partition coefficient (Wildman–Crippen LogP) is 1.50. The van der Waals surface area contributed by atoms with E-state index in [-0.39, 0.29) is 12.8 Å². The summed E-state index contributed by atoms with van der Waals surface area (Å²) in [5, 5.41) is 8.98. The molecule has 3 atom stereocenters. The first-order valence-electron chi connectivity index (χ1n) is 4.69. The van der Waals surface area contributed by atoms with Crippen LogP contribution in [0.15, 0.2) is 0 Å². The van der Waals surface area contributed by atoms with Crippen LogP contribution < -0.4 is 0 Å². The van der Waals surface area contributed by atoms with Crippen LogP contribution in [0, 0.1) is 11.8 Å². The molecule has 0 aromatic carbocycles. The van der Waals surface area contributed by atoms with Crippen molar-refractivity contribution in [1.29, 1.82) is 0 Å². The Morgan fingerprint density at radius 3 is 2.53 bits per heavy atom. The third kappa shape index (κ3) is 2.84. The molecule has 0 saturated heterocycles. The zero-order chi connectivity index (χ0) is 11.6. The second-order valence-electron chi connectivity index (χ2n) is 3.78. The van der Waals surface area contributed by atoms with Crippen molar-refractivity contribution in [3.63, 3.8) is 0 Å². The number of aliphatic hydroxyl groups is 1. The van der Waals surface area contributed by atoms with Crippen LogP contribution in [0.4, 0.5) is 13.2 Å². The molecule has 88 valence electrons. The summed E-state index contributed by atoms with van der Waals surface area (Å²) in [6.45, 7) is 0. The van der Waals surface area contributed by atoms with Gasteiger partial charge in [-0.05, 0) is 25.2 Å². The second-order valence-corrected chi connectivity index (χ2v) is 3.78. The van der Waals surface area contributed by atoms with Gasteiger partial charge in [-0.2, -0.15) is 13.2 Å². The maximum Gasteiger partial charge on any atom is 0.414 e. The summed E-state index contributed by atoms with van der Waals surface area (Å²) in [5.41, 5.74) is 0. The third-order valence-electron chi connectivity index (χ3n) is 2.79. The van der Waals surface area contributed by atoms with E-state index in [1.807, 2.05) is 0 Å². The van der Waals surface area contributed by atoms with Gasteiger partial charge >= 0.3 is 12.1 Å². The van der Waals surface area contributed by atoms with Gasteiger partial charge in [0.05, 0.1) is 13.0 Å². The highest BCUT2D eigenvalue weighted by Gasteiger charge is 2.46. The highest BCUT2D eigenvalue weighted by molar-refractivity contribution is 5.72. The normalized spacial score (nSPS) is 28.9. The lowest BCUT2D eigenvalue weighted by atomic mass is 9.99. The summed E-state index contributed by atoms with van der Waals surface area (Å²) in [4.78, 5) is 11.0. The molecule has 0 bridgehead atoms. The van der Waals surface area contributed by atoms with Crippen LogP contribution in [0.1, 0.15) is 19.3 Å². The van der Waals surface area contributed by atoms with E-state index < -0.39 is 30.1 Å². The molecule has 0 aromatic rings. The monoisotopic (exact) mass is 226 g/mol.